The Hall–Kier alpha value is -4.88. The number of carbonyl (C=O) groups excluding carboxylic acids is 1. The van der Waals surface area contributed by atoms with Crippen molar-refractivity contribution in [2.24, 2.45) is 11.6 Å². The summed E-state index contributed by atoms with van der Waals surface area (Å²) >= 11 is 0. The third-order valence-corrected chi connectivity index (χ3v) is 7.20. The molecule has 1 atom stereocenters. The number of ether oxygens (including phenoxy) is 1. The van der Waals surface area contributed by atoms with Gasteiger partial charge >= 0.3 is 5.97 Å². The van der Waals surface area contributed by atoms with Crippen LogP contribution in [-0.4, -0.2) is 30.6 Å². The molecule has 6 rings (SSSR count). The summed E-state index contributed by atoms with van der Waals surface area (Å²) in [5.41, 5.74) is 14.9. The van der Waals surface area contributed by atoms with Gasteiger partial charge in [0.25, 0.3) is 5.56 Å². The van der Waals surface area contributed by atoms with Gasteiger partial charge in [-0.1, -0.05) is 0 Å². The molecule has 11 nitrogen and oxygen atoms in total. The molecular formula is C27H23F2N7O4. The normalized spacial score (nSPS) is 16.0. The number of benzene rings is 1. The van der Waals surface area contributed by atoms with E-state index in [1.54, 1.807) is 19.1 Å². The first kappa shape index (κ1) is 25.4. The summed E-state index contributed by atoms with van der Waals surface area (Å²) in [6.45, 7) is 1.52. The molecule has 5 heterocycles. The standard InChI is InChI=1S/C27H23F2N7O4/c1-11-2-13-16(7-35(32)9-20(30)15-3-12(28)6-33-25(15)31)17-8-36-22(23(17)34-21(13)5-19(11)29)4-14-18(26(36)38)10-40-27(39)24(14)37/h2-6,9,24,37H,7-8,10,30,32H2,1H3,(H2,31,33)/b20-9-. The lowest BCUT2D eigenvalue weighted by Gasteiger charge is -2.21. The molecule has 1 aromatic carbocycles. The van der Waals surface area contributed by atoms with Gasteiger partial charge in [-0.05, 0) is 36.2 Å². The molecule has 3 aromatic heterocycles. The molecule has 4 aromatic rings. The maximum absolute atomic E-state index is 14.6. The van der Waals surface area contributed by atoms with Gasteiger partial charge in [-0.3, -0.25) is 4.79 Å². The lowest BCUT2D eigenvalue weighted by Crippen LogP contribution is -2.32. The van der Waals surface area contributed by atoms with E-state index in [1.807, 2.05) is 0 Å². The largest absolute Gasteiger partial charge is 0.458 e. The number of nitrogens with zero attached hydrogens (tertiary/aromatic N) is 4. The average Bonchev–Trinajstić information content (AvgIpc) is 3.27. The number of nitrogens with two attached hydrogens (primary N) is 3. The van der Waals surface area contributed by atoms with Crippen LogP contribution in [0.15, 0.2) is 41.5 Å². The van der Waals surface area contributed by atoms with Crippen molar-refractivity contribution in [2.45, 2.75) is 32.7 Å². The first-order valence-electron chi connectivity index (χ1n) is 12.2. The van der Waals surface area contributed by atoms with Crippen LogP contribution in [0.2, 0.25) is 0 Å². The number of hydrazine groups is 1. The number of fused-ring (bicyclic) bond motifs is 5. The van der Waals surface area contributed by atoms with Crippen molar-refractivity contribution in [1.29, 1.82) is 0 Å². The predicted octanol–water partition coefficient (Wildman–Crippen LogP) is 1.71. The summed E-state index contributed by atoms with van der Waals surface area (Å²) in [6.07, 6.45) is 0.733. The molecule has 0 saturated heterocycles. The van der Waals surface area contributed by atoms with Crippen molar-refractivity contribution < 1.29 is 23.4 Å². The molecule has 1 unspecified atom stereocenters. The zero-order valence-electron chi connectivity index (χ0n) is 21.1. The molecule has 7 N–H and O–H groups in total. The van der Waals surface area contributed by atoms with Crippen LogP contribution in [0.5, 0.6) is 0 Å². The highest BCUT2D eigenvalue weighted by Crippen LogP contribution is 2.38. The molecule has 204 valence electrons. The van der Waals surface area contributed by atoms with Crippen LogP contribution in [0.4, 0.5) is 14.6 Å². The fourth-order valence-corrected chi connectivity index (χ4v) is 5.18. The number of nitrogen functional groups attached to an aromatic ring is 1. The number of rotatable bonds is 4. The first-order valence-corrected chi connectivity index (χ1v) is 12.2. The van der Waals surface area contributed by atoms with Gasteiger partial charge in [-0.2, -0.15) is 0 Å². The molecule has 0 amide bonds. The van der Waals surface area contributed by atoms with Gasteiger partial charge in [-0.25, -0.2) is 29.4 Å². The van der Waals surface area contributed by atoms with Gasteiger partial charge in [0.15, 0.2) is 6.10 Å². The van der Waals surface area contributed by atoms with E-state index in [1.165, 1.54) is 21.8 Å². The molecule has 0 fully saturated rings. The minimum Gasteiger partial charge on any atom is -0.458 e. The number of aryl methyl sites for hydroxylation is 1. The number of cyclic esters (lactones) is 1. The second-order valence-corrected chi connectivity index (χ2v) is 9.74. The molecule has 2 aliphatic rings. The highest BCUT2D eigenvalue weighted by atomic mass is 19.1. The Morgan fingerprint density at radius 1 is 1.25 bits per heavy atom. The van der Waals surface area contributed by atoms with Crippen LogP contribution < -0.4 is 22.9 Å². The average molecular weight is 548 g/mol. The van der Waals surface area contributed by atoms with E-state index in [-0.39, 0.29) is 47.9 Å². The van der Waals surface area contributed by atoms with E-state index < -0.39 is 29.3 Å². The van der Waals surface area contributed by atoms with Crippen molar-refractivity contribution in [3.05, 3.63) is 92.0 Å². The van der Waals surface area contributed by atoms with Gasteiger partial charge < -0.3 is 30.9 Å². The molecule has 13 heteroatoms. The fraction of sp³-hybridized carbons (Fsp3) is 0.185. The summed E-state index contributed by atoms with van der Waals surface area (Å²) in [7, 11) is 0. The molecule has 0 radical (unpaired) electrons. The number of aliphatic hydroxyl groups excluding tert-OH is 1. The van der Waals surface area contributed by atoms with E-state index >= 15 is 0 Å². The Labute approximate surface area is 225 Å². The topological polar surface area (TPSA) is 176 Å². The third kappa shape index (κ3) is 3.94. The summed E-state index contributed by atoms with van der Waals surface area (Å²) in [6, 6.07) is 5.62. The molecule has 0 aliphatic carbocycles. The van der Waals surface area contributed by atoms with Gasteiger partial charge in [0, 0.05) is 34.3 Å². The van der Waals surface area contributed by atoms with E-state index in [0.717, 1.165) is 12.3 Å². The number of aromatic nitrogens is 3. The van der Waals surface area contributed by atoms with E-state index in [4.69, 9.17) is 22.0 Å². The minimum absolute atomic E-state index is 0.0216. The van der Waals surface area contributed by atoms with Crippen molar-refractivity contribution >= 4 is 28.4 Å². The Morgan fingerprint density at radius 2 is 2.02 bits per heavy atom. The Balaban J connectivity index is 1.50. The van der Waals surface area contributed by atoms with Crippen LogP contribution in [0.3, 0.4) is 0 Å². The van der Waals surface area contributed by atoms with Gasteiger partial charge in [0.1, 0.15) is 24.1 Å². The van der Waals surface area contributed by atoms with E-state index in [9.17, 15) is 23.5 Å². The number of hydrogen-bond donors (Lipinski definition) is 4. The number of carbonyl (C=O) groups is 1. The third-order valence-electron chi connectivity index (χ3n) is 7.20. The van der Waals surface area contributed by atoms with Gasteiger partial charge in [-0.15, -0.1) is 0 Å². The lowest BCUT2D eigenvalue weighted by atomic mass is 9.97. The van der Waals surface area contributed by atoms with Crippen molar-refractivity contribution in [2.75, 3.05) is 5.73 Å². The molecule has 0 saturated carbocycles. The number of halogens is 2. The molecule has 40 heavy (non-hydrogen) atoms. The van der Waals surface area contributed by atoms with Crippen LogP contribution in [0, 0.1) is 18.6 Å². The maximum atomic E-state index is 14.6. The fourth-order valence-electron chi connectivity index (χ4n) is 5.18. The van der Waals surface area contributed by atoms with E-state index in [2.05, 4.69) is 9.97 Å². The first-order chi connectivity index (χ1) is 19.0. The smallest absolute Gasteiger partial charge is 0.340 e. The number of aliphatic hydroxyl groups is 1. The molecule has 2 aliphatic heterocycles. The zero-order valence-corrected chi connectivity index (χ0v) is 21.1. The van der Waals surface area contributed by atoms with Crippen molar-refractivity contribution in [3.63, 3.8) is 0 Å². The molecular weight excluding hydrogens is 524 g/mol. The number of esters is 1. The summed E-state index contributed by atoms with van der Waals surface area (Å²) < 4.78 is 34.8. The number of hydrogen-bond acceptors (Lipinski definition) is 10. The van der Waals surface area contributed by atoms with Crippen LogP contribution in [0.1, 0.15) is 39.5 Å². The lowest BCUT2D eigenvalue weighted by molar-refractivity contribution is -0.157. The second-order valence-electron chi connectivity index (χ2n) is 9.74. The minimum atomic E-state index is -1.61. The maximum Gasteiger partial charge on any atom is 0.340 e. The van der Waals surface area contributed by atoms with Gasteiger partial charge in [0.2, 0.25) is 0 Å². The molecule has 0 spiro atoms. The quantitative estimate of drug-likeness (QED) is 0.147. The van der Waals surface area contributed by atoms with Gasteiger partial charge in [0.05, 0.1) is 47.5 Å². The highest BCUT2D eigenvalue weighted by Gasteiger charge is 2.35. The Bertz CT molecular complexity index is 1850. The van der Waals surface area contributed by atoms with Crippen molar-refractivity contribution in [1.82, 2.24) is 19.5 Å². The molecule has 0 bridgehead atoms. The Kier molecular flexibility index (Phi) is 5.78. The predicted molar refractivity (Wildman–Crippen MR) is 140 cm³/mol. The van der Waals surface area contributed by atoms with Crippen molar-refractivity contribution in [3.8, 4) is 11.4 Å². The summed E-state index contributed by atoms with van der Waals surface area (Å²) in [5, 5.41) is 12.3. The zero-order chi connectivity index (χ0) is 28.5. The second kappa shape index (κ2) is 9.10. The van der Waals surface area contributed by atoms with Crippen LogP contribution >= 0.6 is 0 Å². The highest BCUT2D eigenvalue weighted by molar-refractivity contribution is 5.89. The van der Waals surface area contributed by atoms with Crippen LogP contribution in [0.25, 0.3) is 28.0 Å². The Morgan fingerprint density at radius 3 is 2.80 bits per heavy atom. The summed E-state index contributed by atoms with van der Waals surface area (Å²) in [5.74, 6) is 4.41. The SMILES string of the molecule is Cc1cc2c(CN(N)/C=C(\N)c3cc(F)cnc3N)c3c(nc2cc1F)-c1cc2c(c(=O)n1C3)COC(=O)C2O. The number of anilines is 1. The van der Waals surface area contributed by atoms with Crippen LogP contribution in [-0.2, 0) is 29.2 Å². The summed E-state index contributed by atoms with van der Waals surface area (Å²) in [4.78, 5) is 33.8. The van der Waals surface area contributed by atoms with E-state index in [0.29, 0.717) is 39.0 Å². The number of pyridine rings is 3. The monoisotopic (exact) mass is 547 g/mol.